The van der Waals surface area contributed by atoms with Gasteiger partial charge in [0.05, 0.1) is 6.54 Å². The maximum atomic E-state index is 12.2. The van der Waals surface area contributed by atoms with Crippen molar-refractivity contribution >= 4 is 11.6 Å². The summed E-state index contributed by atoms with van der Waals surface area (Å²) in [5.41, 5.74) is 4.21. The Balaban J connectivity index is 1.91. The van der Waals surface area contributed by atoms with Gasteiger partial charge in [-0.25, -0.2) is 0 Å². The Morgan fingerprint density at radius 1 is 0.957 bits per heavy atom. The summed E-state index contributed by atoms with van der Waals surface area (Å²) in [5.74, 6) is -0.0106. The third-order valence-electron chi connectivity index (χ3n) is 3.96. The number of anilines is 1. The second-order valence-corrected chi connectivity index (χ2v) is 6.71. The number of hydrogen-bond donors (Lipinski definition) is 2. The highest BCUT2D eigenvalue weighted by Crippen LogP contribution is 2.19. The van der Waals surface area contributed by atoms with Gasteiger partial charge < -0.3 is 10.6 Å². The van der Waals surface area contributed by atoms with Crippen molar-refractivity contribution in [2.45, 2.75) is 39.7 Å². The number of hydrogen-bond acceptors (Lipinski definition) is 2. The highest BCUT2D eigenvalue weighted by Gasteiger charge is 2.19. The number of benzene rings is 2. The Labute approximate surface area is 139 Å². The lowest BCUT2D eigenvalue weighted by Gasteiger charge is -2.26. The molecule has 0 radical (unpaired) electrons. The minimum Gasteiger partial charge on any atom is -0.324 e. The highest BCUT2D eigenvalue weighted by molar-refractivity contribution is 5.93. The van der Waals surface area contributed by atoms with Crippen LogP contribution in [0.15, 0.2) is 48.5 Å². The predicted octanol–water partition coefficient (Wildman–Crippen LogP) is 3.85. The molecule has 0 atom stereocenters. The average Bonchev–Trinajstić information content (AvgIpc) is 2.50. The van der Waals surface area contributed by atoms with Crippen LogP contribution in [0.3, 0.4) is 0 Å². The van der Waals surface area contributed by atoms with Gasteiger partial charge in [-0.05, 0) is 50.8 Å². The minimum atomic E-state index is -0.139. The number of nitrogens with one attached hydrogen (secondary N) is 2. The lowest BCUT2D eigenvalue weighted by atomic mass is 9.95. The van der Waals surface area contributed by atoms with Gasteiger partial charge in [0.15, 0.2) is 0 Å². The predicted molar refractivity (Wildman–Crippen MR) is 96.8 cm³/mol. The quantitative estimate of drug-likeness (QED) is 0.851. The maximum absolute atomic E-state index is 12.2. The van der Waals surface area contributed by atoms with Crippen LogP contribution in [0.5, 0.6) is 0 Å². The molecular weight excluding hydrogens is 284 g/mol. The van der Waals surface area contributed by atoms with Gasteiger partial charge in [0.25, 0.3) is 0 Å². The minimum absolute atomic E-state index is 0.0106. The van der Waals surface area contributed by atoms with E-state index in [1.165, 1.54) is 5.56 Å². The van der Waals surface area contributed by atoms with Gasteiger partial charge in [-0.1, -0.05) is 48.5 Å². The van der Waals surface area contributed by atoms with Crippen molar-refractivity contribution in [2.24, 2.45) is 0 Å². The van der Waals surface area contributed by atoms with Crippen LogP contribution in [0.4, 0.5) is 5.69 Å². The number of amides is 1. The average molecular weight is 310 g/mol. The lowest BCUT2D eigenvalue weighted by Crippen LogP contribution is -2.45. The number of para-hydroxylation sites is 1. The molecule has 3 heteroatoms. The van der Waals surface area contributed by atoms with E-state index in [9.17, 15) is 4.79 Å². The Bertz CT molecular complexity index is 642. The van der Waals surface area contributed by atoms with Crippen LogP contribution < -0.4 is 10.6 Å². The zero-order valence-electron chi connectivity index (χ0n) is 14.4. The molecule has 0 heterocycles. The molecule has 0 bridgehead atoms. The topological polar surface area (TPSA) is 41.1 Å². The molecule has 0 aliphatic rings. The monoisotopic (exact) mass is 310 g/mol. The van der Waals surface area contributed by atoms with Crippen LogP contribution in [-0.4, -0.2) is 18.0 Å². The van der Waals surface area contributed by atoms with Gasteiger partial charge in [-0.15, -0.1) is 0 Å². The molecule has 2 rings (SSSR count). The van der Waals surface area contributed by atoms with Crippen LogP contribution in [-0.2, 0) is 11.2 Å². The van der Waals surface area contributed by atoms with Crippen molar-refractivity contribution < 1.29 is 4.79 Å². The van der Waals surface area contributed by atoms with E-state index >= 15 is 0 Å². The van der Waals surface area contributed by atoms with Crippen LogP contribution >= 0.6 is 0 Å². The van der Waals surface area contributed by atoms with Gasteiger partial charge in [-0.2, -0.15) is 0 Å². The van der Waals surface area contributed by atoms with Crippen molar-refractivity contribution in [1.82, 2.24) is 5.32 Å². The Hall–Kier alpha value is -2.13. The molecular formula is C20H26N2O. The van der Waals surface area contributed by atoms with Crippen LogP contribution in [0.1, 0.15) is 30.5 Å². The van der Waals surface area contributed by atoms with Crippen LogP contribution in [0.25, 0.3) is 0 Å². The third-order valence-corrected chi connectivity index (χ3v) is 3.96. The van der Waals surface area contributed by atoms with Crippen molar-refractivity contribution in [1.29, 1.82) is 0 Å². The number of rotatable bonds is 6. The summed E-state index contributed by atoms with van der Waals surface area (Å²) in [4.78, 5) is 12.2. The van der Waals surface area contributed by atoms with Crippen molar-refractivity contribution in [3.8, 4) is 0 Å². The number of carbonyl (C=O) groups excluding carboxylic acids is 1. The van der Waals surface area contributed by atoms with Gasteiger partial charge in [0, 0.05) is 11.2 Å². The largest absolute Gasteiger partial charge is 0.324 e. The smallest absolute Gasteiger partial charge is 0.238 e. The third kappa shape index (κ3) is 5.22. The van der Waals surface area contributed by atoms with Crippen molar-refractivity contribution in [3.05, 3.63) is 65.2 Å². The first kappa shape index (κ1) is 17.2. The summed E-state index contributed by atoms with van der Waals surface area (Å²) in [6.07, 6.45) is 0.879. The lowest BCUT2D eigenvalue weighted by molar-refractivity contribution is -0.115. The van der Waals surface area contributed by atoms with Crippen molar-refractivity contribution in [3.63, 3.8) is 0 Å². The van der Waals surface area contributed by atoms with Gasteiger partial charge in [0.2, 0.25) is 5.91 Å². The molecule has 0 unspecified atom stereocenters. The Morgan fingerprint density at radius 3 is 2.17 bits per heavy atom. The van der Waals surface area contributed by atoms with Crippen LogP contribution in [0.2, 0.25) is 0 Å². The number of carbonyl (C=O) groups is 1. The van der Waals surface area contributed by atoms with E-state index in [1.807, 2.05) is 50.2 Å². The van der Waals surface area contributed by atoms with E-state index < -0.39 is 0 Å². The van der Waals surface area contributed by atoms with E-state index in [0.29, 0.717) is 6.54 Å². The van der Waals surface area contributed by atoms with Gasteiger partial charge in [-0.3, -0.25) is 4.79 Å². The SMILES string of the molecule is Cc1cccc(C)c1NC(=O)CNC(C)(C)Cc1ccccc1. The fraction of sp³-hybridized carbons (Fsp3) is 0.350. The van der Waals surface area contributed by atoms with Gasteiger partial charge >= 0.3 is 0 Å². The second-order valence-electron chi connectivity index (χ2n) is 6.71. The first-order valence-electron chi connectivity index (χ1n) is 8.02. The molecule has 0 aliphatic heterocycles. The fourth-order valence-electron chi connectivity index (χ4n) is 2.68. The normalized spacial score (nSPS) is 11.3. The standard InChI is InChI=1S/C20H26N2O/c1-15-9-8-10-16(2)19(15)22-18(23)14-21-20(3,4)13-17-11-6-5-7-12-17/h5-12,21H,13-14H2,1-4H3,(H,22,23). The molecule has 0 saturated carbocycles. The summed E-state index contributed by atoms with van der Waals surface area (Å²) in [6.45, 7) is 8.55. The van der Waals surface area contributed by atoms with E-state index in [1.54, 1.807) is 0 Å². The van der Waals surface area contributed by atoms with Crippen LogP contribution in [0, 0.1) is 13.8 Å². The molecule has 3 nitrogen and oxygen atoms in total. The van der Waals surface area contributed by atoms with Crippen molar-refractivity contribution in [2.75, 3.05) is 11.9 Å². The highest BCUT2D eigenvalue weighted by atomic mass is 16.1. The first-order chi connectivity index (χ1) is 10.9. The van der Waals surface area contributed by atoms with E-state index in [-0.39, 0.29) is 11.4 Å². The summed E-state index contributed by atoms with van der Waals surface area (Å²) in [7, 11) is 0. The summed E-state index contributed by atoms with van der Waals surface area (Å²) in [5, 5.41) is 6.37. The molecule has 0 aliphatic carbocycles. The zero-order valence-corrected chi connectivity index (χ0v) is 14.4. The molecule has 0 aromatic heterocycles. The first-order valence-corrected chi connectivity index (χ1v) is 8.02. The molecule has 0 saturated heterocycles. The summed E-state index contributed by atoms with van der Waals surface area (Å²) >= 11 is 0. The fourth-order valence-corrected chi connectivity index (χ4v) is 2.68. The zero-order chi connectivity index (χ0) is 16.9. The summed E-state index contributed by atoms with van der Waals surface area (Å²) in [6, 6.07) is 16.3. The van der Waals surface area contributed by atoms with E-state index in [2.05, 4.69) is 36.6 Å². The maximum Gasteiger partial charge on any atom is 0.238 e. The van der Waals surface area contributed by atoms with Gasteiger partial charge in [0.1, 0.15) is 0 Å². The number of aryl methyl sites for hydroxylation is 2. The Kier molecular flexibility index (Phi) is 5.56. The van der Waals surface area contributed by atoms with E-state index in [4.69, 9.17) is 0 Å². The molecule has 2 aromatic rings. The molecule has 23 heavy (non-hydrogen) atoms. The molecule has 1 amide bonds. The molecule has 2 N–H and O–H groups in total. The molecule has 0 spiro atoms. The second kappa shape index (κ2) is 7.42. The molecule has 2 aromatic carbocycles. The molecule has 122 valence electrons. The molecule has 0 fully saturated rings. The summed E-state index contributed by atoms with van der Waals surface area (Å²) < 4.78 is 0. The Morgan fingerprint density at radius 2 is 1.57 bits per heavy atom. The van der Waals surface area contributed by atoms with E-state index in [0.717, 1.165) is 23.2 Å².